The fraction of sp³-hybridized carbons (Fsp3) is 0.481. The largest absolute Gasteiger partial charge is 0.309 e. The van der Waals surface area contributed by atoms with Crippen LogP contribution >= 0.6 is 0 Å². The molecule has 0 aliphatic carbocycles. The molecule has 166 valence electrons. The summed E-state index contributed by atoms with van der Waals surface area (Å²) in [5, 5.41) is 0. The van der Waals surface area contributed by atoms with E-state index in [1.807, 2.05) is 45.3 Å². The number of likely N-dealkylation sites (tertiary alicyclic amines) is 1. The molecule has 0 saturated carbocycles. The SMILES string of the molecule is CC[C@H](CC(c1ccccc1)C1C(=O)N(CCCN(C)C)C(=O)C1C)c1ccccc1. The van der Waals surface area contributed by atoms with Gasteiger partial charge in [0, 0.05) is 12.5 Å². The quantitative estimate of drug-likeness (QED) is 0.512. The highest BCUT2D eigenvalue weighted by Gasteiger charge is 2.48. The van der Waals surface area contributed by atoms with Gasteiger partial charge in [-0.2, -0.15) is 0 Å². The summed E-state index contributed by atoms with van der Waals surface area (Å²) >= 11 is 0. The summed E-state index contributed by atoms with van der Waals surface area (Å²) in [4.78, 5) is 30.2. The molecule has 31 heavy (non-hydrogen) atoms. The third kappa shape index (κ3) is 5.43. The summed E-state index contributed by atoms with van der Waals surface area (Å²) in [5.41, 5.74) is 2.46. The Morgan fingerprint density at radius 1 is 0.903 bits per heavy atom. The molecule has 3 unspecified atom stereocenters. The van der Waals surface area contributed by atoms with Gasteiger partial charge in [-0.05, 0) is 62.9 Å². The molecule has 4 heteroatoms. The molecule has 0 N–H and O–H groups in total. The maximum absolute atomic E-state index is 13.5. The minimum Gasteiger partial charge on any atom is -0.309 e. The highest BCUT2D eigenvalue weighted by atomic mass is 16.2. The lowest BCUT2D eigenvalue weighted by atomic mass is 9.73. The predicted molar refractivity (Wildman–Crippen MR) is 126 cm³/mol. The standard InChI is InChI=1S/C27H36N2O2/c1-5-21(22-13-8-6-9-14-22)19-24(23-15-10-7-11-16-23)25-20(2)26(30)29(27(25)31)18-12-17-28(3)4/h6-11,13-16,20-21,24-25H,5,12,17-19H2,1-4H3/t20?,21-,24?,25?/m1/s1. The van der Waals surface area contributed by atoms with Crippen molar-refractivity contribution in [3.05, 3.63) is 71.8 Å². The van der Waals surface area contributed by atoms with E-state index in [1.165, 1.54) is 10.5 Å². The van der Waals surface area contributed by atoms with Crippen LogP contribution in [0.3, 0.4) is 0 Å². The second-order valence-corrected chi connectivity index (χ2v) is 9.07. The van der Waals surface area contributed by atoms with E-state index < -0.39 is 0 Å². The Morgan fingerprint density at radius 2 is 1.48 bits per heavy atom. The van der Waals surface area contributed by atoms with Crippen LogP contribution < -0.4 is 0 Å². The van der Waals surface area contributed by atoms with Gasteiger partial charge < -0.3 is 4.90 Å². The van der Waals surface area contributed by atoms with Gasteiger partial charge >= 0.3 is 0 Å². The molecule has 1 fully saturated rings. The Kier molecular flexibility index (Phi) is 8.03. The topological polar surface area (TPSA) is 40.6 Å². The van der Waals surface area contributed by atoms with Gasteiger partial charge in [0.2, 0.25) is 11.8 Å². The Morgan fingerprint density at radius 3 is 2.03 bits per heavy atom. The molecule has 1 aliphatic heterocycles. The van der Waals surface area contributed by atoms with Crippen LogP contribution in [0.2, 0.25) is 0 Å². The van der Waals surface area contributed by atoms with E-state index in [1.54, 1.807) is 0 Å². The first-order valence-corrected chi connectivity index (χ1v) is 11.5. The monoisotopic (exact) mass is 420 g/mol. The van der Waals surface area contributed by atoms with E-state index >= 15 is 0 Å². The third-order valence-electron chi connectivity index (χ3n) is 6.70. The van der Waals surface area contributed by atoms with Crippen molar-refractivity contribution in [3.8, 4) is 0 Å². The second-order valence-electron chi connectivity index (χ2n) is 9.07. The molecule has 0 radical (unpaired) electrons. The lowest BCUT2D eigenvalue weighted by Gasteiger charge is -2.29. The van der Waals surface area contributed by atoms with Crippen molar-refractivity contribution >= 4 is 11.8 Å². The number of nitrogens with zero attached hydrogens (tertiary/aromatic N) is 2. The van der Waals surface area contributed by atoms with Crippen LogP contribution in [0.25, 0.3) is 0 Å². The van der Waals surface area contributed by atoms with E-state index in [2.05, 4.69) is 48.2 Å². The number of hydrogen-bond donors (Lipinski definition) is 0. The highest BCUT2D eigenvalue weighted by molar-refractivity contribution is 6.05. The molecule has 0 spiro atoms. The van der Waals surface area contributed by atoms with Crippen molar-refractivity contribution < 1.29 is 9.59 Å². The smallest absolute Gasteiger partial charge is 0.233 e. The van der Waals surface area contributed by atoms with Crippen LogP contribution in [-0.4, -0.2) is 48.8 Å². The van der Waals surface area contributed by atoms with Gasteiger partial charge in [0.05, 0.1) is 5.92 Å². The van der Waals surface area contributed by atoms with Crippen molar-refractivity contribution in [2.24, 2.45) is 11.8 Å². The van der Waals surface area contributed by atoms with Crippen molar-refractivity contribution in [3.63, 3.8) is 0 Å². The van der Waals surface area contributed by atoms with E-state index in [9.17, 15) is 9.59 Å². The van der Waals surface area contributed by atoms with Crippen molar-refractivity contribution in [1.29, 1.82) is 0 Å². The summed E-state index contributed by atoms with van der Waals surface area (Å²) in [6.07, 6.45) is 2.68. The number of rotatable bonds is 10. The molecule has 2 aromatic rings. The predicted octanol–water partition coefficient (Wildman–Crippen LogP) is 4.93. The first kappa shape index (κ1) is 23.2. The molecule has 1 heterocycles. The maximum atomic E-state index is 13.5. The van der Waals surface area contributed by atoms with E-state index in [-0.39, 0.29) is 29.6 Å². The van der Waals surface area contributed by atoms with E-state index in [0.717, 1.165) is 31.4 Å². The number of benzene rings is 2. The molecular formula is C27H36N2O2. The van der Waals surface area contributed by atoms with Crippen LogP contribution in [-0.2, 0) is 9.59 Å². The lowest BCUT2D eigenvalue weighted by Crippen LogP contribution is -2.34. The molecule has 1 saturated heterocycles. The average molecular weight is 421 g/mol. The van der Waals surface area contributed by atoms with E-state index in [0.29, 0.717) is 12.5 Å². The van der Waals surface area contributed by atoms with Gasteiger partial charge in [0.25, 0.3) is 0 Å². The fourth-order valence-corrected chi connectivity index (χ4v) is 4.95. The summed E-state index contributed by atoms with van der Waals surface area (Å²) in [7, 11) is 4.03. The van der Waals surface area contributed by atoms with Gasteiger partial charge in [0.15, 0.2) is 0 Å². The van der Waals surface area contributed by atoms with Gasteiger partial charge in [0.1, 0.15) is 0 Å². The molecule has 0 aromatic heterocycles. The number of amides is 2. The van der Waals surface area contributed by atoms with Crippen molar-refractivity contribution in [1.82, 2.24) is 9.80 Å². The number of carbonyl (C=O) groups is 2. The first-order valence-electron chi connectivity index (χ1n) is 11.5. The molecule has 1 aliphatic rings. The third-order valence-corrected chi connectivity index (χ3v) is 6.70. The Bertz CT molecular complexity index is 850. The van der Waals surface area contributed by atoms with Crippen LogP contribution in [0, 0.1) is 11.8 Å². The molecular weight excluding hydrogens is 384 g/mol. The van der Waals surface area contributed by atoms with Crippen LogP contribution in [0.15, 0.2) is 60.7 Å². The molecule has 4 nitrogen and oxygen atoms in total. The lowest BCUT2D eigenvalue weighted by molar-refractivity contribution is -0.140. The van der Waals surface area contributed by atoms with Crippen molar-refractivity contribution in [2.45, 2.75) is 44.9 Å². The molecule has 2 amide bonds. The Balaban J connectivity index is 1.88. The number of carbonyl (C=O) groups excluding carboxylic acids is 2. The molecule has 0 bridgehead atoms. The molecule has 4 atom stereocenters. The summed E-state index contributed by atoms with van der Waals surface area (Å²) < 4.78 is 0. The molecule has 2 aromatic carbocycles. The van der Waals surface area contributed by atoms with E-state index in [4.69, 9.17) is 0 Å². The Labute approximate surface area is 187 Å². The zero-order chi connectivity index (χ0) is 22.4. The van der Waals surface area contributed by atoms with Gasteiger partial charge in [-0.15, -0.1) is 0 Å². The summed E-state index contributed by atoms with van der Waals surface area (Å²) in [6, 6.07) is 20.8. The Hall–Kier alpha value is -2.46. The highest BCUT2D eigenvalue weighted by Crippen LogP contribution is 2.43. The molecule has 3 rings (SSSR count). The van der Waals surface area contributed by atoms with Gasteiger partial charge in [-0.1, -0.05) is 74.5 Å². The fourth-order valence-electron chi connectivity index (χ4n) is 4.95. The van der Waals surface area contributed by atoms with Crippen molar-refractivity contribution in [2.75, 3.05) is 27.2 Å². The number of imide groups is 1. The van der Waals surface area contributed by atoms with Crippen LogP contribution in [0.1, 0.15) is 56.1 Å². The maximum Gasteiger partial charge on any atom is 0.233 e. The minimum absolute atomic E-state index is 0.00743. The van der Waals surface area contributed by atoms with Crippen LogP contribution in [0.5, 0.6) is 0 Å². The van der Waals surface area contributed by atoms with Gasteiger partial charge in [-0.3, -0.25) is 14.5 Å². The number of hydrogen-bond acceptors (Lipinski definition) is 3. The minimum atomic E-state index is -0.299. The zero-order valence-electron chi connectivity index (χ0n) is 19.3. The summed E-state index contributed by atoms with van der Waals surface area (Å²) in [6.45, 7) is 5.52. The first-order chi connectivity index (χ1) is 14.9. The normalized spacial score (nSPS) is 21.0. The summed E-state index contributed by atoms with van der Waals surface area (Å²) in [5.74, 6) is -0.214. The second kappa shape index (κ2) is 10.7. The van der Waals surface area contributed by atoms with Gasteiger partial charge in [-0.25, -0.2) is 0 Å². The zero-order valence-corrected chi connectivity index (χ0v) is 19.3. The average Bonchev–Trinajstić information content (AvgIpc) is 2.99. The van der Waals surface area contributed by atoms with Crippen LogP contribution in [0.4, 0.5) is 0 Å².